The third-order valence-corrected chi connectivity index (χ3v) is 4.98. The summed E-state index contributed by atoms with van der Waals surface area (Å²) in [4.78, 5) is 1.93. The minimum atomic E-state index is 0.133. The highest BCUT2D eigenvalue weighted by molar-refractivity contribution is 9.09. The highest BCUT2D eigenvalue weighted by Crippen LogP contribution is 2.21. The van der Waals surface area contributed by atoms with E-state index in [-0.39, 0.29) is 5.92 Å². The third kappa shape index (κ3) is 7.25. The average Bonchev–Trinajstić information content (AvgIpc) is 2.75. The van der Waals surface area contributed by atoms with Gasteiger partial charge in [0.25, 0.3) is 0 Å². The van der Waals surface area contributed by atoms with Gasteiger partial charge in [-0.1, -0.05) is 64.5 Å². The molecule has 0 aliphatic heterocycles. The number of para-hydroxylation sites is 1. The van der Waals surface area contributed by atoms with Crippen LogP contribution in [0.4, 0.5) is 5.69 Å². The molecule has 2 aromatic carbocycles. The van der Waals surface area contributed by atoms with Crippen molar-refractivity contribution in [1.29, 1.82) is 5.26 Å². The topological polar surface area (TPSA) is 36.3 Å². The Kier molecular flexibility index (Phi) is 9.37. The fraction of sp³-hybridized carbons (Fsp3) is 0.292. The summed E-state index contributed by atoms with van der Waals surface area (Å²) >= 11 is 3.51. The SMILES string of the molecule is C/C(=C/C(/C=C(/C#N)N(C)c1ccccc1)CCCBr)OCc1ccccc1. The first-order valence-corrected chi connectivity index (χ1v) is 10.6. The summed E-state index contributed by atoms with van der Waals surface area (Å²) in [6.45, 7) is 2.53. The van der Waals surface area contributed by atoms with Gasteiger partial charge in [-0.05, 0) is 49.6 Å². The molecule has 1 unspecified atom stereocenters. The van der Waals surface area contributed by atoms with Crippen LogP contribution >= 0.6 is 15.9 Å². The van der Waals surface area contributed by atoms with Crippen molar-refractivity contribution in [3.8, 4) is 6.07 Å². The highest BCUT2D eigenvalue weighted by Gasteiger charge is 2.11. The van der Waals surface area contributed by atoms with Gasteiger partial charge in [0.2, 0.25) is 0 Å². The average molecular weight is 439 g/mol. The van der Waals surface area contributed by atoms with Crippen molar-refractivity contribution in [3.63, 3.8) is 0 Å². The van der Waals surface area contributed by atoms with E-state index in [1.807, 2.05) is 73.5 Å². The number of rotatable bonds is 10. The zero-order valence-corrected chi connectivity index (χ0v) is 18.1. The summed E-state index contributed by atoms with van der Waals surface area (Å²) in [5, 5.41) is 10.6. The number of hydrogen-bond donors (Lipinski definition) is 0. The van der Waals surface area contributed by atoms with Crippen LogP contribution in [0.5, 0.6) is 0 Å². The Morgan fingerprint density at radius 2 is 1.75 bits per heavy atom. The lowest BCUT2D eigenvalue weighted by Crippen LogP contribution is -2.16. The Balaban J connectivity index is 2.13. The molecule has 0 saturated heterocycles. The molecule has 0 aliphatic carbocycles. The van der Waals surface area contributed by atoms with E-state index >= 15 is 0 Å². The molecule has 0 spiro atoms. The van der Waals surface area contributed by atoms with Crippen molar-refractivity contribution in [3.05, 3.63) is 89.8 Å². The summed E-state index contributed by atoms with van der Waals surface area (Å²) in [5.74, 6) is 1.01. The first-order valence-electron chi connectivity index (χ1n) is 9.46. The minimum Gasteiger partial charge on any atom is -0.494 e. The summed E-state index contributed by atoms with van der Waals surface area (Å²) < 4.78 is 5.92. The maximum Gasteiger partial charge on any atom is 0.117 e. The lowest BCUT2D eigenvalue weighted by molar-refractivity contribution is 0.198. The van der Waals surface area contributed by atoms with Crippen LogP contribution in [0.1, 0.15) is 25.3 Å². The molecular formula is C24H27BrN2O. The molecule has 0 saturated carbocycles. The van der Waals surface area contributed by atoms with Gasteiger partial charge in [-0.25, -0.2) is 0 Å². The number of hydrogen-bond acceptors (Lipinski definition) is 3. The Hall–Kier alpha value is -2.51. The van der Waals surface area contributed by atoms with Crippen molar-refractivity contribution in [1.82, 2.24) is 0 Å². The van der Waals surface area contributed by atoms with Crippen LogP contribution in [0.25, 0.3) is 0 Å². The standard InChI is InChI=1S/C24H27BrN2O/c1-20(28-19-21-10-5-3-6-11-21)16-22(12-9-15-25)17-24(18-26)27(2)23-13-7-4-8-14-23/h3-8,10-11,13-14,16-17,22H,9,12,15,19H2,1-2H3/b20-16-,24-17-. The predicted molar refractivity (Wildman–Crippen MR) is 120 cm³/mol. The molecule has 2 aromatic rings. The van der Waals surface area contributed by atoms with Gasteiger partial charge in [-0.15, -0.1) is 0 Å². The molecule has 0 N–H and O–H groups in total. The molecule has 28 heavy (non-hydrogen) atoms. The van der Waals surface area contributed by atoms with E-state index in [9.17, 15) is 5.26 Å². The Bertz CT molecular complexity index is 810. The number of alkyl halides is 1. The lowest BCUT2D eigenvalue weighted by atomic mass is 10.0. The van der Waals surface area contributed by atoms with Gasteiger partial charge in [0, 0.05) is 24.0 Å². The Labute approximate surface area is 177 Å². The fourth-order valence-electron chi connectivity index (χ4n) is 2.87. The number of nitrogens with zero attached hydrogens (tertiary/aromatic N) is 2. The maximum absolute atomic E-state index is 9.70. The molecule has 2 rings (SSSR count). The van der Waals surface area contributed by atoms with Gasteiger partial charge in [-0.2, -0.15) is 5.26 Å². The zero-order valence-electron chi connectivity index (χ0n) is 16.5. The van der Waals surface area contributed by atoms with Crippen LogP contribution in [0.2, 0.25) is 0 Å². The predicted octanol–water partition coefficient (Wildman–Crippen LogP) is 6.44. The summed E-state index contributed by atoms with van der Waals surface area (Å²) in [5.41, 5.74) is 2.78. The number of anilines is 1. The molecular weight excluding hydrogens is 412 g/mol. The Morgan fingerprint density at radius 1 is 1.11 bits per heavy atom. The summed E-state index contributed by atoms with van der Waals surface area (Å²) in [6.07, 6.45) is 6.12. The van der Waals surface area contributed by atoms with Gasteiger partial charge in [-0.3, -0.25) is 0 Å². The van der Waals surface area contributed by atoms with Crippen molar-refractivity contribution < 1.29 is 4.74 Å². The smallest absolute Gasteiger partial charge is 0.117 e. The van der Waals surface area contributed by atoms with Crippen LogP contribution in [0, 0.1) is 17.2 Å². The van der Waals surface area contributed by atoms with Gasteiger partial charge in [0.15, 0.2) is 0 Å². The van der Waals surface area contributed by atoms with Gasteiger partial charge < -0.3 is 9.64 Å². The molecule has 0 radical (unpaired) electrons. The van der Waals surface area contributed by atoms with Crippen molar-refractivity contribution in [2.75, 3.05) is 17.3 Å². The quantitative estimate of drug-likeness (QED) is 0.243. The maximum atomic E-state index is 9.70. The van der Waals surface area contributed by atoms with Crippen molar-refractivity contribution in [2.24, 2.45) is 5.92 Å². The van der Waals surface area contributed by atoms with Crippen LogP contribution in [-0.2, 0) is 11.3 Å². The number of halogens is 1. The second-order valence-electron chi connectivity index (χ2n) is 6.60. The molecule has 0 bridgehead atoms. The number of nitriles is 1. The normalized spacial score (nSPS) is 12.9. The molecule has 0 heterocycles. The van der Waals surface area contributed by atoms with Crippen LogP contribution in [0.15, 0.2) is 84.3 Å². The largest absolute Gasteiger partial charge is 0.494 e. The highest BCUT2D eigenvalue weighted by atomic mass is 79.9. The van der Waals surface area contributed by atoms with E-state index < -0.39 is 0 Å². The molecule has 3 nitrogen and oxygen atoms in total. The zero-order chi connectivity index (χ0) is 20.2. The summed E-state index contributed by atoms with van der Waals surface area (Å²) in [6, 6.07) is 22.4. The number of allylic oxidation sites excluding steroid dienone is 4. The van der Waals surface area contributed by atoms with E-state index in [1.54, 1.807) is 0 Å². The molecule has 0 fully saturated rings. The lowest BCUT2D eigenvalue weighted by Gasteiger charge is -2.20. The minimum absolute atomic E-state index is 0.133. The van der Waals surface area contributed by atoms with Crippen LogP contribution in [-0.4, -0.2) is 12.4 Å². The van der Waals surface area contributed by atoms with Crippen molar-refractivity contribution >= 4 is 21.6 Å². The monoisotopic (exact) mass is 438 g/mol. The second kappa shape index (κ2) is 12.0. The first kappa shape index (κ1) is 21.8. The van der Waals surface area contributed by atoms with Gasteiger partial charge in [0.05, 0.1) is 5.76 Å². The number of benzene rings is 2. The first-order chi connectivity index (χ1) is 13.6. The van der Waals surface area contributed by atoms with Gasteiger partial charge >= 0.3 is 0 Å². The van der Waals surface area contributed by atoms with Crippen LogP contribution < -0.4 is 4.90 Å². The molecule has 1 atom stereocenters. The summed E-state index contributed by atoms with van der Waals surface area (Å²) in [7, 11) is 1.93. The van der Waals surface area contributed by atoms with Crippen molar-refractivity contribution in [2.45, 2.75) is 26.4 Å². The van der Waals surface area contributed by atoms with E-state index in [0.717, 1.165) is 35.2 Å². The van der Waals surface area contributed by atoms with E-state index in [0.29, 0.717) is 12.3 Å². The molecule has 146 valence electrons. The molecule has 0 aliphatic rings. The molecule has 0 aromatic heterocycles. The molecule has 4 heteroatoms. The Morgan fingerprint density at radius 3 is 2.36 bits per heavy atom. The van der Waals surface area contributed by atoms with Crippen LogP contribution in [0.3, 0.4) is 0 Å². The number of ether oxygens (including phenoxy) is 1. The third-order valence-electron chi connectivity index (χ3n) is 4.42. The van der Waals surface area contributed by atoms with E-state index in [2.05, 4.69) is 40.2 Å². The fourth-order valence-corrected chi connectivity index (χ4v) is 3.19. The second-order valence-corrected chi connectivity index (χ2v) is 7.40. The van der Waals surface area contributed by atoms with E-state index in [4.69, 9.17) is 4.74 Å². The molecule has 0 amide bonds. The van der Waals surface area contributed by atoms with Gasteiger partial charge in [0.1, 0.15) is 18.4 Å². The van der Waals surface area contributed by atoms with E-state index in [1.165, 1.54) is 0 Å².